The topological polar surface area (TPSA) is 98.6 Å². The Bertz CT molecular complexity index is 1860. The third kappa shape index (κ3) is 5.01. The number of halogens is 4. The summed E-state index contributed by atoms with van der Waals surface area (Å²) in [5.41, 5.74) is 1.08. The molecule has 0 aliphatic heterocycles. The standard InChI is InChI=1S/C28H20ClF3N6O2/c1-16-11-18(25-23(12-33)37(2)15-35-25)17-5-3-7-24(26(17)36-16)40-14-19-21(29)8-9-34-22(19)13-38-10-4-6-20(27(38)39)28(30,31)32/h3-11,15H,13-14H2,1-2H3. The van der Waals surface area contributed by atoms with Crippen LogP contribution in [0.5, 0.6) is 5.75 Å². The number of para-hydroxylation sites is 1. The van der Waals surface area contributed by atoms with Gasteiger partial charge in [0, 0.05) is 41.6 Å². The Morgan fingerprint density at radius 1 is 1.15 bits per heavy atom. The van der Waals surface area contributed by atoms with Crippen LogP contribution in [0.1, 0.15) is 28.2 Å². The second-order valence-electron chi connectivity index (χ2n) is 8.99. The van der Waals surface area contributed by atoms with Gasteiger partial charge >= 0.3 is 6.18 Å². The molecule has 0 unspecified atom stereocenters. The summed E-state index contributed by atoms with van der Waals surface area (Å²) in [7, 11) is 1.74. The molecular weight excluding hydrogens is 545 g/mol. The van der Waals surface area contributed by atoms with E-state index in [1.807, 2.05) is 19.1 Å². The molecule has 0 radical (unpaired) electrons. The Hall–Kier alpha value is -4.69. The number of alkyl halides is 3. The number of hydrogen-bond acceptors (Lipinski definition) is 6. The molecule has 0 spiro atoms. The molecule has 0 saturated heterocycles. The number of ether oxygens (including phenoxy) is 1. The van der Waals surface area contributed by atoms with Crippen LogP contribution in [-0.2, 0) is 26.4 Å². The van der Waals surface area contributed by atoms with E-state index >= 15 is 0 Å². The summed E-state index contributed by atoms with van der Waals surface area (Å²) >= 11 is 6.45. The summed E-state index contributed by atoms with van der Waals surface area (Å²) < 4.78 is 48.5. The SMILES string of the molecule is Cc1cc(-c2ncn(C)c2C#N)c2cccc(OCc3c(Cl)ccnc3Cn3cccc(C(F)(F)F)c3=O)c2n1. The van der Waals surface area contributed by atoms with Gasteiger partial charge in [-0.25, -0.2) is 9.97 Å². The maximum atomic E-state index is 13.3. The third-order valence-corrected chi connectivity index (χ3v) is 6.69. The van der Waals surface area contributed by atoms with Crippen molar-refractivity contribution in [3.05, 3.63) is 105 Å². The average Bonchev–Trinajstić information content (AvgIpc) is 3.28. The maximum Gasteiger partial charge on any atom is 0.421 e. The monoisotopic (exact) mass is 564 g/mol. The van der Waals surface area contributed by atoms with Crippen LogP contribution < -0.4 is 10.3 Å². The lowest BCUT2D eigenvalue weighted by molar-refractivity contribution is -0.138. The minimum Gasteiger partial charge on any atom is -0.486 e. The highest BCUT2D eigenvalue weighted by atomic mass is 35.5. The summed E-state index contributed by atoms with van der Waals surface area (Å²) in [5.74, 6) is 0.416. The van der Waals surface area contributed by atoms with Gasteiger partial charge in [-0.05, 0) is 37.3 Å². The summed E-state index contributed by atoms with van der Waals surface area (Å²) in [4.78, 5) is 25.8. The molecule has 5 rings (SSSR count). The van der Waals surface area contributed by atoms with E-state index in [2.05, 4.69) is 21.0 Å². The molecule has 202 valence electrons. The van der Waals surface area contributed by atoms with Gasteiger partial charge in [0.1, 0.15) is 40.9 Å². The van der Waals surface area contributed by atoms with E-state index in [1.165, 1.54) is 18.5 Å². The highest BCUT2D eigenvalue weighted by Gasteiger charge is 2.34. The minimum absolute atomic E-state index is 0.0905. The van der Waals surface area contributed by atoms with Crippen LogP contribution in [-0.4, -0.2) is 24.1 Å². The van der Waals surface area contributed by atoms with Crippen LogP contribution >= 0.6 is 11.6 Å². The number of pyridine rings is 3. The van der Waals surface area contributed by atoms with E-state index in [0.717, 1.165) is 16.7 Å². The fourth-order valence-corrected chi connectivity index (χ4v) is 4.63. The van der Waals surface area contributed by atoms with Crippen LogP contribution in [0.2, 0.25) is 5.02 Å². The molecule has 0 saturated carbocycles. The van der Waals surface area contributed by atoms with Crippen molar-refractivity contribution in [3.8, 4) is 23.1 Å². The molecule has 12 heteroatoms. The first kappa shape index (κ1) is 26.9. The number of nitriles is 1. The molecule has 4 aromatic heterocycles. The highest BCUT2D eigenvalue weighted by molar-refractivity contribution is 6.31. The molecule has 0 bridgehead atoms. The van der Waals surface area contributed by atoms with Crippen molar-refractivity contribution in [2.24, 2.45) is 7.05 Å². The van der Waals surface area contributed by atoms with Gasteiger partial charge in [0.15, 0.2) is 0 Å². The number of hydrogen-bond donors (Lipinski definition) is 0. The third-order valence-electron chi connectivity index (χ3n) is 6.33. The number of imidazole rings is 1. The predicted octanol–water partition coefficient (Wildman–Crippen LogP) is 5.67. The summed E-state index contributed by atoms with van der Waals surface area (Å²) in [5, 5.41) is 10.6. The summed E-state index contributed by atoms with van der Waals surface area (Å²) in [6.45, 7) is 1.49. The Labute approximate surface area is 230 Å². The first-order valence-electron chi connectivity index (χ1n) is 11.9. The van der Waals surface area contributed by atoms with Crippen molar-refractivity contribution in [2.75, 3.05) is 0 Å². The number of fused-ring (bicyclic) bond motifs is 1. The largest absolute Gasteiger partial charge is 0.486 e. The zero-order valence-corrected chi connectivity index (χ0v) is 22.0. The second-order valence-corrected chi connectivity index (χ2v) is 9.39. The van der Waals surface area contributed by atoms with Gasteiger partial charge in [0.2, 0.25) is 0 Å². The van der Waals surface area contributed by atoms with Gasteiger partial charge in [-0.1, -0.05) is 23.7 Å². The molecule has 0 aliphatic carbocycles. The van der Waals surface area contributed by atoms with Crippen LogP contribution in [0.3, 0.4) is 0 Å². The van der Waals surface area contributed by atoms with E-state index < -0.39 is 17.3 Å². The van der Waals surface area contributed by atoms with Crippen LogP contribution in [0.15, 0.2) is 66.0 Å². The van der Waals surface area contributed by atoms with Gasteiger partial charge in [-0.2, -0.15) is 18.4 Å². The molecule has 40 heavy (non-hydrogen) atoms. The van der Waals surface area contributed by atoms with Crippen molar-refractivity contribution < 1.29 is 17.9 Å². The lowest BCUT2D eigenvalue weighted by atomic mass is 10.0. The fourth-order valence-electron chi connectivity index (χ4n) is 4.41. The molecule has 4 heterocycles. The smallest absolute Gasteiger partial charge is 0.421 e. The minimum atomic E-state index is -4.78. The second kappa shape index (κ2) is 10.5. The quantitative estimate of drug-likeness (QED) is 0.263. The molecule has 0 aliphatic rings. The van der Waals surface area contributed by atoms with E-state index in [0.29, 0.717) is 44.9 Å². The molecule has 0 amide bonds. The Morgan fingerprint density at radius 3 is 2.70 bits per heavy atom. The van der Waals surface area contributed by atoms with Crippen molar-refractivity contribution in [1.29, 1.82) is 5.26 Å². The van der Waals surface area contributed by atoms with Crippen molar-refractivity contribution >= 4 is 22.5 Å². The van der Waals surface area contributed by atoms with Gasteiger partial charge < -0.3 is 13.9 Å². The molecule has 0 atom stereocenters. The Kier molecular flexibility index (Phi) is 7.04. The Morgan fingerprint density at radius 2 is 1.95 bits per heavy atom. The van der Waals surface area contributed by atoms with Crippen molar-refractivity contribution in [1.82, 2.24) is 24.1 Å². The van der Waals surface area contributed by atoms with Gasteiger partial charge in [0.05, 0.1) is 23.6 Å². The lowest BCUT2D eigenvalue weighted by Crippen LogP contribution is -2.28. The summed E-state index contributed by atoms with van der Waals surface area (Å²) in [6.07, 6.45) is -0.543. The van der Waals surface area contributed by atoms with Crippen LogP contribution in [0.4, 0.5) is 13.2 Å². The van der Waals surface area contributed by atoms with E-state index in [1.54, 1.807) is 30.1 Å². The Balaban J connectivity index is 1.51. The van der Waals surface area contributed by atoms with E-state index in [-0.39, 0.29) is 23.9 Å². The molecule has 1 aromatic carbocycles. The van der Waals surface area contributed by atoms with Gasteiger partial charge in [-0.3, -0.25) is 9.78 Å². The molecular formula is C28H20ClF3N6O2. The highest BCUT2D eigenvalue weighted by Crippen LogP contribution is 2.34. The first-order chi connectivity index (χ1) is 19.1. The van der Waals surface area contributed by atoms with E-state index in [9.17, 15) is 23.2 Å². The zero-order chi connectivity index (χ0) is 28.6. The maximum absolute atomic E-state index is 13.3. The van der Waals surface area contributed by atoms with Crippen molar-refractivity contribution in [3.63, 3.8) is 0 Å². The lowest BCUT2D eigenvalue weighted by Gasteiger charge is -2.15. The van der Waals surface area contributed by atoms with Gasteiger partial charge in [-0.15, -0.1) is 0 Å². The average molecular weight is 565 g/mol. The normalized spacial score (nSPS) is 11.5. The van der Waals surface area contributed by atoms with Crippen LogP contribution in [0, 0.1) is 18.3 Å². The molecule has 0 fully saturated rings. The number of aromatic nitrogens is 5. The molecule has 5 aromatic rings. The molecule has 0 N–H and O–H groups in total. The molecule has 8 nitrogen and oxygen atoms in total. The van der Waals surface area contributed by atoms with Crippen molar-refractivity contribution in [2.45, 2.75) is 26.3 Å². The summed E-state index contributed by atoms with van der Waals surface area (Å²) in [6, 6.07) is 12.8. The zero-order valence-electron chi connectivity index (χ0n) is 21.2. The number of benzene rings is 1. The van der Waals surface area contributed by atoms with Crippen LogP contribution in [0.25, 0.3) is 22.2 Å². The van der Waals surface area contributed by atoms with Gasteiger partial charge in [0.25, 0.3) is 5.56 Å². The number of aryl methyl sites for hydroxylation is 2. The number of nitrogens with zero attached hydrogens (tertiary/aromatic N) is 6. The predicted molar refractivity (Wildman–Crippen MR) is 142 cm³/mol. The fraction of sp³-hybridized carbons (Fsp3) is 0.179. The first-order valence-corrected chi connectivity index (χ1v) is 12.3. The number of rotatable bonds is 6. The van der Waals surface area contributed by atoms with E-state index in [4.69, 9.17) is 16.3 Å².